The van der Waals surface area contributed by atoms with E-state index in [0.717, 1.165) is 24.2 Å². The summed E-state index contributed by atoms with van der Waals surface area (Å²) < 4.78 is 18.8. The van der Waals surface area contributed by atoms with E-state index in [9.17, 15) is 14.3 Å². The summed E-state index contributed by atoms with van der Waals surface area (Å²) in [5.41, 5.74) is 1.85. The van der Waals surface area contributed by atoms with Crippen LogP contribution in [0, 0.1) is 12.7 Å². The van der Waals surface area contributed by atoms with Crippen LogP contribution in [0.4, 0.5) is 4.39 Å². The van der Waals surface area contributed by atoms with Gasteiger partial charge in [-0.25, -0.2) is 4.39 Å². The highest BCUT2D eigenvalue weighted by Crippen LogP contribution is 2.23. The Hall–Kier alpha value is -2.60. The van der Waals surface area contributed by atoms with Crippen molar-refractivity contribution in [3.63, 3.8) is 0 Å². The number of hydrogen-bond acceptors (Lipinski definition) is 4. The number of aryl methyl sites for hydroxylation is 1. The first-order valence-electron chi connectivity index (χ1n) is 9.54. The Morgan fingerprint density at radius 1 is 1.14 bits per heavy atom. The van der Waals surface area contributed by atoms with Gasteiger partial charge in [-0.15, -0.1) is 0 Å². The standard InChI is InChI=1S/C22H27FN2O3/c1-15-10-20(26)8-9-21(15)28-14-22(27)25-12-16(2)24(11-17(25)3)13-18-4-6-19(23)7-5-18/h4-10,16-17,26H,11-14H2,1-3H3. The number of phenols is 1. The molecule has 1 amide bonds. The molecular formula is C22H27FN2O3. The zero-order chi connectivity index (χ0) is 20.3. The van der Waals surface area contributed by atoms with E-state index in [1.54, 1.807) is 30.3 Å². The highest BCUT2D eigenvalue weighted by atomic mass is 19.1. The van der Waals surface area contributed by atoms with Gasteiger partial charge in [-0.3, -0.25) is 9.69 Å². The molecular weight excluding hydrogens is 359 g/mol. The monoisotopic (exact) mass is 386 g/mol. The largest absolute Gasteiger partial charge is 0.508 e. The third-order valence-corrected chi connectivity index (χ3v) is 5.24. The lowest BCUT2D eigenvalue weighted by atomic mass is 10.1. The van der Waals surface area contributed by atoms with E-state index in [1.165, 1.54) is 12.1 Å². The maximum atomic E-state index is 13.1. The molecule has 28 heavy (non-hydrogen) atoms. The van der Waals surface area contributed by atoms with Crippen molar-refractivity contribution in [2.75, 3.05) is 19.7 Å². The normalized spacial score (nSPS) is 20.2. The lowest BCUT2D eigenvalue weighted by Gasteiger charge is -2.44. The van der Waals surface area contributed by atoms with Crippen molar-refractivity contribution in [3.05, 3.63) is 59.4 Å². The second-order valence-electron chi connectivity index (χ2n) is 7.54. The van der Waals surface area contributed by atoms with E-state index < -0.39 is 0 Å². The molecule has 1 fully saturated rings. The summed E-state index contributed by atoms with van der Waals surface area (Å²) in [6.45, 7) is 8.05. The molecule has 1 heterocycles. The van der Waals surface area contributed by atoms with Crippen LogP contribution in [0.5, 0.6) is 11.5 Å². The average molecular weight is 386 g/mol. The summed E-state index contributed by atoms with van der Waals surface area (Å²) in [5.74, 6) is 0.496. The summed E-state index contributed by atoms with van der Waals surface area (Å²) in [7, 11) is 0. The quantitative estimate of drug-likeness (QED) is 0.856. The Balaban J connectivity index is 1.57. The van der Waals surface area contributed by atoms with Gasteiger partial charge in [0.25, 0.3) is 5.91 Å². The number of amides is 1. The summed E-state index contributed by atoms with van der Waals surface area (Å²) in [6.07, 6.45) is 0. The fraction of sp³-hybridized carbons (Fsp3) is 0.409. The minimum atomic E-state index is -0.232. The molecule has 2 aromatic carbocycles. The van der Waals surface area contributed by atoms with Crippen LogP contribution < -0.4 is 4.74 Å². The Labute approximate surface area is 165 Å². The van der Waals surface area contributed by atoms with E-state index in [1.807, 2.05) is 18.7 Å². The van der Waals surface area contributed by atoms with Crippen molar-refractivity contribution in [2.45, 2.75) is 39.4 Å². The predicted octanol–water partition coefficient (Wildman–Crippen LogP) is 3.34. The zero-order valence-corrected chi connectivity index (χ0v) is 16.6. The van der Waals surface area contributed by atoms with Crippen molar-refractivity contribution >= 4 is 5.91 Å². The topological polar surface area (TPSA) is 53.0 Å². The van der Waals surface area contributed by atoms with Crippen LogP contribution in [0.2, 0.25) is 0 Å². The first kappa shape index (κ1) is 20.1. The molecule has 0 spiro atoms. The average Bonchev–Trinajstić information content (AvgIpc) is 2.65. The summed E-state index contributed by atoms with van der Waals surface area (Å²) in [5, 5.41) is 9.47. The Kier molecular flexibility index (Phi) is 6.19. The van der Waals surface area contributed by atoms with Crippen LogP contribution in [0.1, 0.15) is 25.0 Å². The van der Waals surface area contributed by atoms with Gasteiger partial charge in [-0.1, -0.05) is 12.1 Å². The second-order valence-corrected chi connectivity index (χ2v) is 7.54. The summed E-state index contributed by atoms with van der Waals surface area (Å²) >= 11 is 0. The molecule has 5 nitrogen and oxygen atoms in total. The number of carbonyl (C=O) groups excluding carboxylic acids is 1. The SMILES string of the molecule is Cc1cc(O)ccc1OCC(=O)N1CC(C)N(Cc2ccc(F)cc2)CC1C. The Bertz CT molecular complexity index is 825. The molecule has 150 valence electrons. The molecule has 1 aliphatic rings. The third kappa shape index (κ3) is 4.81. The minimum Gasteiger partial charge on any atom is -0.508 e. The number of phenolic OH excluding ortho intramolecular Hbond substituents is 1. The van der Waals surface area contributed by atoms with E-state index in [0.29, 0.717) is 12.3 Å². The van der Waals surface area contributed by atoms with E-state index in [-0.39, 0.29) is 36.2 Å². The van der Waals surface area contributed by atoms with Gasteiger partial charge >= 0.3 is 0 Å². The lowest BCUT2D eigenvalue weighted by molar-refractivity contribution is -0.139. The van der Waals surface area contributed by atoms with Crippen LogP contribution in [-0.2, 0) is 11.3 Å². The lowest BCUT2D eigenvalue weighted by Crippen LogP contribution is -2.58. The fourth-order valence-electron chi connectivity index (χ4n) is 3.61. The first-order valence-corrected chi connectivity index (χ1v) is 9.54. The number of rotatable bonds is 5. The molecule has 0 aromatic heterocycles. The number of carbonyl (C=O) groups is 1. The van der Waals surface area contributed by atoms with Crippen LogP contribution >= 0.6 is 0 Å². The molecule has 0 bridgehead atoms. The maximum absolute atomic E-state index is 13.1. The smallest absolute Gasteiger partial charge is 0.260 e. The molecule has 6 heteroatoms. The maximum Gasteiger partial charge on any atom is 0.260 e. The minimum absolute atomic E-state index is 0.0271. The summed E-state index contributed by atoms with van der Waals surface area (Å²) in [4.78, 5) is 16.9. The van der Waals surface area contributed by atoms with Gasteiger partial charge in [0.1, 0.15) is 17.3 Å². The van der Waals surface area contributed by atoms with Gasteiger partial charge in [0.2, 0.25) is 0 Å². The van der Waals surface area contributed by atoms with Crippen LogP contribution in [-0.4, -0.2) is 52.6 Å². The van der Waals surface area contributed by atoms with Crippen molar-refractivity contribution in [2.24, 2.45) is 0 Å². The number of piperazine rings is 1. The molecule has 2 aromatic rings. The van der Waals surface area contributed by atoms with Crippen LogP contribution in [0.15, 0.2) is 42.5 Å². The first-order chi connectivity index (χ1) is 13.3. The van der Waals surface area contributed by atoms with Gasteiger partial charge in [0.05, 0.1) is 0 Å². The van der Waals surface area contributed by atoms with E-state index in [4.69, 9.17) is 4.74 Å². The van der Waals surface area contributed by atoms with Crippen molar-refractivity contribution in [1.82, 2.24) is 9.80 Å². The molecule has 2 unspecified atom stereocenters. The molecule has 1 aliphatic heterocycles. The molecule has 0 radical (unpaired) electrons. The number of halogens is 1. The van der Waals surface area contributed by atoms with Gasteiger partial charge in [0, 0.05) is 31.7 Å². The van der Waals surface area contributed by atoms with Gasteiger partial charge in [-0.2, -0.15) is 0 Å². The van der Waals surface area contributed by atoms with Crippen molar-refractivity contribution in [3.8, 4) is 11.5 Å². The molecule has 0 saturated carbocycles. The molecule has 1 N–H and O–H groups in total. The van der Waals surface area contributed by atoms with Crippen LogP contribution in [0.25, 0.3) is 0 Å². The highest BCUT2D eigenvalue weighted by molar-refractivity contribution is 5.78. The van der Waals surface area contributed by atoms with Gasteiger partial charge in [0.15, 0.2) is 6.61 Å². The molecule has 3 rings (SSSR count). The molecule has 1 saturated heterocycles. The highest BCUT2D eigenvalue weighted by Gasteiger charge is 2.32. The molecule has 2 atom stereocenters. The zero-order valence-electron chi connectivity index (χ0n) is 16.6. The number of aromatic hydroxyl groups is 1. The summed E-state index contributed by atoms with van der Waals surface area (Å²) in [6, 6.07) is 11.7. The van der Waals surface area contributed by atoms with E-state index >= 15 is 0 Å². The number of nitrogens with zero attached hydrogens (tertiary/aromatic N) is 2. The van der Waals surface area contributed by atoms with Crippen LogP contribution in [0.3, 0.4) is 0 Å². The van der Waals surface area contributed by atoms with Crippen molar-refractivity contribution < 1.29 is 19.0 Å². The number of benzene rings is 2. The number of hydrogen-bond donors (Lipinski definition) is 1. The fourth-order valence-corrected chi connectivity index (χ4v) is 3.61. The predicted molar refractivity (Wildman–Crippen MR) is 106 cm³/mol. The molecule has 0 aliphatic carbocycles. The number of ether oxygens (including phenoxy) is 1. The third-order valence-electron chi connectivity index (χ3n) is 5.24. The second kappa shape index (κ2) is 8.61. The van der Waals surface area contributed by atoms with Crippen molar-refractivity contribution in [1.29, 1.82) is 0 Å². The Morgan fingerprint density at radius 2 is 1.86 bits per heavy atom. The van der Waals surface area contributed by atoms with E-state index in [2.05, 4.69) is 11.8 Å². The van der Waals surface area contributed by atoms with Gasteiger partial charge < -0.3 is 14.7 Å². The van der Waals surface area contributed by atoms with Gasteiger partial charge in [-0.05, 0) is 62.2 Å². The Morgan fingerprint density at radius 3 is 2.54 bits per heavy atom.